The number of thiol groups is 1. The Labute approximate surface area is 88.1 Å². The molecule has 1 N–H and O–H groups in total. The number of benzene rings is 1. The summed E-state index contributed by atoms with van der Waals surface area (Å²) in [5, 5.41) is 8.64. The molecule has 1 aromatic carbocycles. The highest BCUT2D eigenvalue weighted by molar-refractivity contribution is 7.80. The Kier molecular flexibility index (Phi) is 3.83. The van der Waals surface area contributed by atoms with E-state index in [-0.39, 0.29) is 6.42 Å². The molecule has 76 valence electrons. The molecule has 0 radical (unpaired) electrons. The molecule has 0 atom stereocenters. The van der Waals surface area contributed by atoms with Crippen LogP contribution in [0.4, 0.5) is 0 Å². The van der Waals surface area contributed by atoms with E-state index in [0.717, 1.165) is 0 Å². The number of aliphatic carboxylic acids is 1. The van der Waals surface area contributed by atoms with E-state index in [1.807, 2.05) is 6.92 Å². The van der Waals surface area contributed by atoms with E-state index in [1.165, 1.54) is 0 Å². The molecule has 1 aromatic rings. The number of ether oxygens (including phenoxy) is 1. The van der Waals surface area contributed by atoms with Crippen molar-refractivity contribution in [1.29, 1.82) is 0 Å². The van der Waals surface area contributed by atoms with Gasteiger partial charge in [0.15, 0.2) is 0 Å². The summed E-state index contributed by atoms with van der Waals surface area (Å²) in [7, 11) is 0. The van der Waals surface area contributed by atoms with Gasteiger partial charge in [-0.25, -0.2) is 0 Å². The molecule has 0 heterocycles. The maximum Gasteiger partial charge on any atom is 0.307 e. The van der Waals surface area contributed by atoms with Crippen molar-refractivity contribution in [3.8, 4) is 5.75 Å². The number of carbonyl (C=O) groups is 1. The van der Waals surface area contributed by atoms with Gasteiger partial charge < -0.3 is 9.84 Å². The number of carboxylic acids is 1. The van der Waals surface area contributed by atoms with Crippen LogP contribution in [0.15, 0.2) is 23.1 Å². The molecule has 4 heteroatoms. The van der Waals surface area contributed by atoms with Gasteiger partial charge in [0.2, 0.25) is 0 Å². The predicted octanol–water partition coefficient (Wildman–Crippen LogP) is 2.00. The topological polar surface area (TPSA) is 46.5 Å². The van der Waals surface area contributed by atoms with Crippen molar-refractivity contribution in [2.45, 2.75) is 18.2 Å². The van der Waals surface area contributed by atoms with Gasteiger partial charge >= 0.3 is 5.97 Å². The molecule has 0 saturated heterocycles. The van der Waals surface area contributed by atoms with E-state index in [4.69, 9.17) is 9.84 Å². The quantitative estimate of drug-likeness (QED) is 0.750. The van der Waals surface area contributed by atoms with Crippen LogP contribution in [0.25, 0.3) is 0 Å². The van der Waals surface area contributed by atoms with Crippen molar-refractivity contribution in [3.63, 3.8) is 0 Å². The molecular weight excluding hydrogens is 200 g/mol. The molecule has 0 spiro atoms. The second-order valence-corrected chi connectivity index (χ2v) is 3.21. The smallest absolute Gasteiger partial charge is 0.307 e. The van der Waals surface area contributed by atoms with E-state index in [9.17, 15) is 4.79 Å². The first-order valence-corrected chi connectivity index (χ1v) is 4.75. The lowest BCUT2D eigenvalue weighted by molar-refractivity contribution is -0.136. The van der Waals surface area contributed by atoms with Gasteiger partial charge in [-0.15, -0.1) is 12.6 Å². The molecule has 0 amide bonds. The summed E-state index contributed by atoms with van der Waals surface area (Å²) in [6.45, 7) is 2.42. The third-order valence-electron chi connectivity index (χ3n) is 1.72. The Hall–Kier alpha value is -1.16. The molecular formula is C10H12O3S. The van der Waals surface area contributed by atoms with Crippen LogP contribution in [0.3, 0.4) is 0 Å². The fraction of sp³-hybridized carbons (Fsp3) is 0.300. The zero-order valence-corrected chi connectivity index (χ0v) is 8.75. The number of rotatable bonds is 4. The summed E-state index contributed by atoms with van der Waals surface area (Å²) in [4.78, 5) is 11.1. The third-order valence-corrected chi connectivity index (χ3v) is 2.23. The molecule has 0 aromatic heterocycles. The summed E-state index contributed by atoms with van der Waals surface area (Å²) in [6, 6.07) is 5.28. The van der Waals surface area contributed by atoms with Crippen LogP contribution in [0.1, 0.15) is 12.5 Å². The van der Waals surface area contributed by atoms with Gasteiger partial charge in [-0.05, 0) is 18.6 Å². The average Bonchev–Trinajstić information content (AvgIpc) is 2.11. The maximum atomic E-state index is 10.5. The minimum atomic E-state index is -0.867. The Morgan fingerprint density at radius 2 is 2.29 bits per heavy atom. The molecule has 0 unspecified atom stereocenters. The first-order chi connectivity index (χ1) is 6.65. The summed E-state index contributed by atoms with van der Waals surface area (Å²) in [6.07, 6.45) is -0.0280. The summed E-state index contributed by atoms with van der Waals surface area (Å²) in [5.74, 6) is -0.233. The zero-order chi connectivity index (χ0) is 10.6. The molecule has 3 nitrogen and oxygen atoms in total. The molecule has 0 bridgehead atoms. The van der Waals surface area contributed by atoms with Crippen LogP contribution in [-0.2, 0) is 11.2 Å². The first kappa shape index (κ1) is 10.9. The molecule has 1 rings (SSSR count). The lowest BCUT2D eigenvalue weighted by Crippen LogP contribution is -2.02. The van der Waals surface area contributed by atoms with E-state index >= 15 is 0 Å². The van der Waals surface area contributed by atoms with Gasteiger partial charge in [-0.3, -0.25) is 4.79 Å². The Balaban J connectivity index is 2.94. The standard InChI is InChI=1S/C10H12O3S/c1-2-13-8-5-3-4-7(10(8)14)6-9(11)12/h3-5,14H,2,6H2,1H3,(H,11,12). The van der Waals surface area contributed by atoms with E-state index in [1.54, 1.807) is 18.2 Å². The minimum absolute atomic E-state index is 0.0280. The van der Waals surface area contributed by atoms with Crippen molar-refractivity contribution >= 4 is 18.6 Å². The van der Waals surface area contributed by atoms with Gasteiger partial charge in [0.1, 0.15) is 5.75 Å². The molecule has 0 aliphatic rings. The van der Waals surface area contributed by atoms with Crippen molar-refractivity contribution in [2.24, 2.45) is 0 Å². The van der Waals surface area contributed by atoms with Crippen molar-refractivity contribution in [3.05, 3.63) is 23.8 Å². The van der Waals surface area contributed by atoms with Crippen LogP contribution in [0.5, 0.6) is 5.75 Å². The van der Waals surface area contributed by atoms with Crippen LogP contribution in [-0.4, -0.2) is 17.7 Å². The first-order valence-electron chi connectivity index (χ1n) is 4.30. The lowest BCUT2D eigenvalue weighted by Gasteiger charge is -2.09. The fourth-order valence-electron chi connectivity index (χ4n) is 1.15. The normalized spacial score (nSPS) is 9.86. The zero-order valence-electron chi connectivity index (χ0n) is 7.86. The lowest BCUT2D eigenvalue weighted by atomic mass is 10.1. The SMILES string of the molecule is CCOc1cccc(CC(=O)O)c1S. The highest BCUT2D eigenvalue weighted by Crippen LogP contribution is 2.26. The molecule has 0 saturated carbocycles. The van der Waals surface area contributed by atoms with Crippen LogP contribution in [0.2, 0.25) is 0 Å². The third kappa shape index (κ3) is 2.67. The van der Waals surface area contributed by atoms with Crippen LogP contribution in [0, 0.1) is 0 Å². The van der Waals surface area contributed by atoms with Gasteiger partial charge in [0, 0.05) is 0 Å². The van der Waals surface area contributed by atoms with Gasteiger partial charge in [-0.1, -0.05) is 12.1 Å². The fourth-order valence-corrected chi connectivity index (χ4v) is 1.44. The summed E-state index contributed by atoms with van der Waals surface area (Å²) in [5.41, 5.74) is 0.673. The second-order valence-electron chi connectivity index (χ2n) is 2.77. The monoisotopic (exact) mass is 212 g/mol. The Morgan fingerprint density at radius 3 is 2.86 bits per heavy atom. The van der Waals surface area contributed by atoms with Crippen molar-refractivity contribution < 1.29 is 14.6 Å². The highest BCUT2D eigenvalue weighted by Gasteiger charge is 2.08. The summed E-state index contributed by atoms with van der Waals surface area (Å²) < 4.78 is 5.29. The number of carboxylic acid groups (broad SMARTS) is 1. The second kappa shape index (κ2) is 4.91. The van der Waals surface area contributed by atoms with E-state index < -0.39 is 5.97 Å². The number of hydrogen-bond acceptors (Lipinski definition) is 3. The Morgan fingerprint density at radius 1 is 1.57 bits per heavy atom. The van der Waals surface area contributed by atoms with Gasteiger partial charge in [0.05, 0.1) is 17.9 Å². The van der Waals surface area contributed by atoms with Crippen molar-refractivity contribution in [1.82, 2.24) is 0 Å². The minimum Gasteiger partial charge on any atom is -0.493 e. The van der Waals surface area contributed by atoms with E-state index in [2.05, 4.69) is 12.6 Å². The Bertz CT molecular complexity index is 336. The highest BCUT2D eigenvalue weighted by atomic mass is 32.1. The molecule has 0 fully saturated rings. The van der Waals surface area contributed by atoms with Crippen LogP contribution < -0.4 is 4.74 Å². The van der Waals surface area contributed by atoms with Gasteiger partial charge in [-0.2, -0.15) is 0 Å². The van der Waals surface area contributed by atoms with E-state index in [0.29, 0.717) is 22.8 Å². The predicted molar refractivity (Wildman–Crippen MR) is 56.2 cm³/mol. The molecule has 0 aliphatic heterocycles. The number of hydrogen-bond donors (Lipinski definition) is 2. The van der Waals surface area contributed by atoms with Crippen LogP contribution >= 0.6 is 12.6 Å². The maximum absolute atomic E-state index is 10.5. The largest absolute Gasteiger partial charge is 0.493 e. The molecule has 0 aliphatic carbocycles. The molecule has 14 heavy (non-hydrogen) atoms. The average molecular weight is 212 g/mol. The van der Waals surface area contributed by atoms with Gasteiger partial charge in [0.25, 0.3) is 0 Å². The van der Waals surface area contributed by atoms with Crippen molar-refractivity contribution in [2.75, 3.05) is 6.61 Å². The summed E-state index contributed by atoms with van der Waals surface area (Å²) >= 11 is 4.23.